The van der Waals surface area contributed by atoms with Gasteiger partial charge < -0.3 is 10.2 Å². The Labute approximate surface area is 125 Å². The second-order valence-corrected chi connectivity index (χ2v) is 5.51. The van der Waals surface area contributed by atoms with Crippen LogP contribution in [0.3, 0.4) is 0 Å². The van der Waals surface area contributed by atoms with Crippen molar-refractivity contribution in [3.63, 3.8) is 0 Å². The summed E-state index contributed by atoms with van der Waals surface area (Å²) in [6, 6.07) is 2.54. The Morgan fingerprint density at radius 3 is 2.50 bits per heavy atom. The first kappa shape index (κ1) is 14.9. The Kier molecular flexibility index (Phi) is 4.35. The zero-order chi connectivity index (χ0) is 14.9. The zero-order valence-electron chi connectivity index (χ0n) is 10.7. The lowest BCUT2D eigenvalue weighted by molar-refractivity contribution is -0.384. The number of carbonyl (C=O) groups is 1. The monoisotopic (exact) mass is 317 g/mol. The number of non-ortho nitro benzene ring substituents is 1. The van der Waals surface area contributed by atoms with Gasteiger partial charge in [0, 0.05) is 38.2 Å². The van der Waals surface area contributed by atoms with Gasteiger partial charge in [0.15, 0.2) is 0 Å². The van der Waals surface area contributed by atoms with Gasteiger partial charge in [-0.25, -0.2) is 0 Å². The molecular formula is C12H13Cl2N3O3. The van der Waals surface area contributed by atoms with Crippen LogP contribution in [0.2, 0.25) is 10.0 Å². The van der Waals surface area contributed by atoms with Gasteiger partial charge in [0.05, 0.1) is 20.7 Å². The molecular weight excluding hydrogens is 305 g/mol. The van der Waals surface area contributed by atoms with Crippen LogP contribution in [0.5, 0.6) is 0 Å². The van der Waals surface area contributed by atoms with Crippen molar-refractivity contribution >= 4 is 40.5 Å². The van der Waals surface area contributed by atoms with Crippen molar-refractivity contribution in [2.24, 2.45) is 0 Å². The van der Waals surface area contributed by atoms with E-state index in [-0.39, 0.29) is 27.7 Å². The molecule has 1 heterocycles. The number of piperidine rings is 1. The van der Waals surface area contributed by atoms with E-state index in [1.807, 2.05) is 0 Å². The van der Waals surface area contributed by atoms with Crippen molar-refractivity contribution in [1.82, 2.24) is 4.90 Å². The van der Waals surface area contributed by atoms with Gasteiger partial charge in [-0.15, -0.1) is 0 Å². The van der Waals surface area contributed by atoms with E-state index < -0.39 is 4.92 Å². The highest BCUT2D eigenvalue weighted by molar-refractivity contribution is 6.39. The van der Waals surface area contributed by atoms with Crippen LogP contribution in [-0.4, -0.2) is 35.4 Å². The van der Waals surface area contributed by atoms with Crippen LogP contribution in [0.25, 0.3) is 0 Å². The first-order valence-electron chi connectivity index (χ1n) is 6.02. The minimum absolute atomic E-state index is 0.0224. The lowest BCUT2D eigenvalue weighted by Crippen LogP contribution is -2.43. The third-order valence-corrected chi connectivity index (χ3v) is 3.81. The van der Waals surface area contributed by atoms with Gasteiger partial charge in [0.2, 0.25) is 5.91 Å². The number of likely N-dealkylation sites (tertiary alicyclic amines) is 1. The average Bonchev–Trinajstić information content (AvgIpc) is 2.37. The minimum atomic E-state index is -0.547. The quantitative estimate of drug-likeness (QED) is 0.687. The maximum Gasteiger partial charge on any atom is 0.272 e. The Hall–Kier alpha value is -1.53. The highest BCUT2D eigenvalue weighted by Gasteiger charge is 2.24. The van der Waals surface area contributed by atoms with Crippen LogP contribution in [0.15, 0.2) is 12.1 Å². The Bertz CT molecular complexity index is 542. The Morgan fingerprint density at radius 1 is 1.40 bits per heavy atom. The van der Waals surface area contributed by atoms with Crippen molar-refractivity contribution in [3.8, 4) is 0 Å². The summed E-state index contributed by atoms with van der Waals surface area (Å²) >= 11 is 12.1. The number of nitrogens with one attached hydrogen (secondary N) is 1. The number of nitrogens with zero attached hydrogens (tertiary/aromatic N) is 2. The molecule has 8 heteroatoms. The van der Waals surface area contributed by atoms with Crippen LogP contribution < -0.4 is 5.32 Å². The molecule has 20 heavy (non-hydrogen) atoms. The van der Waals surface area contributed by atoms with E-state index in [1.54, 1.807) is 11.9 Å². The standard InChI is InChI=1S/C12H13Cl2N3O3/c1-16-6-7(2-3-11(16)18)15-12-9(13)4-8(17(19)20)5-10(12)14/h4-5,7,15H,2-3,6H2,1H3. The molecule has 0 saturated carbocycles. The third-order valence-electron chi connectivity index (χ3n) is 3.21. The number of nitro benzene ring substituents is 1. The summed E-state index contributed by atoms with van der Waals surface area (Å²) in [5, 5.41) is 14.3. The summed E-state index contributed by atoms with van der Waals surface area (Å²) < 4.78 is 0. The van der Waals surface area contributed by atoms with E-state index in [9.17, 15) is 14.9 Å². The molecule has 1 atom stereocenters. The van der Waals surface area contributed by atoms with E-state index in [0.29, 0.717) is 25.1 Å². The predicted molar refractivity (Wildman–Crippen MR) is 77.4 cm³/mol. The SMILES string of the molecule is CN1CC(Nc2c(Cl)cc([N+](=O)[O-])cc2Cl)CCC1=O. The lowest BCUT2D eigenvalue weighted by Gasteiger charge is -2.31. The summed E-state index contributed by atoms with van der Waals surface area (Å²) in [7, 11) is 1.73. The fraction of sp³-hybridized carbons (Fsp3) is 0.417. The molecule has 1 amide bonds. The molecule has 0 spiro atoms. The molecule has 1 aliphatic rings. The smallest absolute Gasteiger partial charge is 0.272 e. The number of rotatable bonds is 3. The number of hydrogen-bond donors (Lipinski definition) is 1. The van der Waals surface area contributed by atoms with Crippen LogP contribution in [0.1, 0.15) is 12.8 Å². The first-order valence-corrected chi connectivity index (χ1v) is 6.78. The van der Waals surface area contributed by atoms with E-state index in [1.165, 1.54) is 12.1 Å². The highest BCUT2D eigenvalue weighted by atomic mass is 35.5. The average molecular weight is 318 g/mol. The normalized spacial score (nSPS) is 19.1. The molecule has 0 radical (unpaired) electrons. The number of hydrogen-bond acceptors (Lipinski definition) is 4. The van der Waals surface area contributed by atoms with Crippen LogP contribution >= 0.6 is 23.2 Å². The van der Waals surface area contributed by atoms with Crippen molar-refractivity contribution in [1.29, 1.82) is 0 Å². The molecule has 1 aromatic carbocycles. The summed E-state index contributed by atoms with van der Waals surface area (Å²) in [5.74, 6) is 0.101. The maximum atomic E-state index is 11.4. The minimum Gasteiger partial charge on any atom is -0.378 e. The van der Waals surface area contributed by atoms with Gasteiger partial charge in [-0.3, -0.25) is 14.9 Å². The lowest BCUT2D eigenvalue weighted by atomic mass is 10.1. The summed E-state index contributed by atoms with van der Waals surface area (Å²) in [6.45, 7) is 0.544. The number of nitro groups is 1. The third kappa shape index (κ3) is 3.13. The van der Waals surface area contributed by atoms with Gasteiger partial charge in [0.1, 0.15) is 0 Å². The molecule has 1 unspecified atom stereocenters. The Balaban J connectivity index is 2.18. The number of carbonyl (C=O) groups excluding carboxylic acids is 1. The molecule has 6 nitrogen and oxygen atoms in total. The van der Waals surface area contributed by atoms with Crippen molar-refractivity contribution in [3.05, 3.63) is 32.3 Å². The number of amides is 1. The fourth-order valence-electron chi connectivity index (χ4n) is 2.14. The highest BCUT2D eigenvalue weighted by Crippen LogP contribution is 2.35. The van der Waals surface area contributed by atoms with Gasteiger partial charge in [-0.2, -0.15) is 0 Å². The van der Waals surface area contributed by atoms with Crippen LogP contribution in [-0.2, 0) is 4.79 Å². The predicted octanol–water partition coefficient (Wildman–Crippen LogP) is 2.93. The van der Waals surface area contributed by atoms with E-state index in [0.717, 1.165) is 0 Å². The van der Waals surface area contributed by atoms with Crippen molar-refractivity contribution in [2.45, 2.75) is 18.9 Å². The number of benzene rings is 1. The van der Waals surface area contributed by atoms with Crippen LogP contribution in [0.4, 0.5) is 11.4 Å². The topological polar surface area (TPSA) is 75.5 Å². The molecule has 1 aliphatic heterocycles. The summed E-state index contributed by atoms with van der Waals surface area (Å²) in [6.07, 6.45) is 1.13. The molecule has 1 N–H and O–H groups in total. The molecule has 1 aromatic rings. The molecule has 0 bridgehead atoms. The molecule has 0 aromatic heterocycles. The molecule has 2 rings (SSSR count). The fourth-order valence-corrected chi connectivity index (χ4v) is 2.72. The van der Waals surface area contributed by atoms with E-state index in [4.69, 9.17) is 23.2 Å². The first-order chi connectivity index (χ1) is 9.38. The summed E-state index contributed by atoms with van der Waals surface area (Å²) in [5.41, 5.74) is 0.313. The zero-order valence-corrected chi connectivity index (χ0v) is 12.2. The molecule has 1 fully saturated rings. The van der Waals surface area contributed by atoms with Crippen molar-refractivity contribution in [2.75, 3.05) is 18.9 Å². The Morgan fingerprint density at radius 2 is 2.00 bits per heavy atom. The largest absolute Gasteiger partial charge is 0.378 e. The van der Waals surface area contributed by atoms with Gasteiger partial charge in [0.25, 0.3) is 5.69 Å². The molecule has 108 valence electrons. The number of anilines is 1. The van der Waals surface area contributed by atoms with Crippen molar-refractivity contribution < 1.29 is 9.72 Å². The molecule has 0 aliphatic carbocycles. The molecule has 1 saturated heterocycles. The van der Waals surface area contributed by atoms with Gasteiger partial charge >= 0.3 is 0 Å². The van der Waals surface area contributed by atoms with Gasteiger partial charge in [-0.05, 0) is 6.42 Å². The van der Waals surface area contributed by atoms with E-state index in [2.05, 4.69) is 5.32 Å². The summed E-state index contributed by atoms with van der Waals surface area (Å²) in [4.78, 5) is 23.2. The van der Waals surface area contributed by atoms with E-state index >= 15 is 0 Å². The maximum absolute atomic E-state index is 11.4. The number of likely N-dealkylation sites (N-methyl/N-ethyl adjacent to an activating group) is 1. The number of halogens is 2. The second-order valence-electron chi connectivity index (χ2n) is 4.70. The van der Waals surface area contributed by atoms with Gasteiger partial charge in [-0.1, -0.05) is 23.2 Å². The van der Waals surface area contributed by atoms with Crippen LogP contribution in [0, 0.1) is 10.1 Å². The second kappa shape index (κ2) is 5.85.